The molecular weight excluding hydrogens is 212 g/mol. The molecule has 3 atom stereocenters. The van der Waals surface area contributed by atoms with Gasteiger partial charge in [-0.05, 0) is 50.9 Å². The van der Waals surface area contributed by atoms with Crippen molar-refractivity contribution in [1.82, 2.24) is 0 Å². The van der Waals surface area contributed by atoms with E-state index in [0.29, 0.717) is 24.5 Å². The number of ether oxygens (including phenoxy) is 1. The van der Waals surface area contributed by atoms with Crippen LogP contribution in [0.5, 0.6) is 0 Å². The van der Waals surface area contributed by atoms with Crippen LogP contribution in [-0.4, -0.2) is 23.4 Å². The molecule has 0 aromatic heterocycles. The first-order valence-electron chi connectivity index (χ1n) is 7.13. The minimum atomic E-state index is -0.604. The van der Waals surface area contributed by atoms with Gasteiger partial charge in [-0.15, -0.1) is 0 Å². The lowest BCUT2D eigenvalue weighted by atomic mass is 9.75. The summed E-state index contributed by atoms with van der Waals surface area (Å²) in [5, 5.41) is 9.69. The van der Waals surface area contributed by atoms with Crippen LogP contribution < -0.4 is 0 Å². The molecule has 0 radical (unpaired) electrons. The molecule has 0 spiro atoms. The molecule has 0 bridgehead atoms. The molecule has 0 aromatic carbocycles. The van der Waals surface area contributed by atoms with Crippen molar-refractivity contribution in [3.8, 4) is 0 Å². The third kappa shape index (κ3) is 5.39. The molecule has 1 saturated carbocycles. The second kappa shape index (κ2) is 6.19. The Morgan fingerprint density at radius 2 is 1.94 bits per heavy atom. The molecule has 1 aliphatic rings. The Kier molecular flexibility index (Phi) is 5.46. The molecule has 3 unspecified atom stereocenters. The zero-order chi connectivity index (χ0) is 13.1. The van der Waals surface area contributed by atoms with Crippen LogP contribution in [0.4, 0.5) is 0 Å². The van der Waals surface area contributed by atoms with Crippen LogP contribution in [0.25, 0.3) is 0 Å². The van der Waals surface area contributed by atoms with Gasteiger partial charge in [0, 0.05) is 6.61 Å². The van der Waals surface area contributed by atoms with Gasteiger partial charge in [-0.1, -0.05) is 27.2 Å². The smallest absolute Gasteiger partial charge is 0.0613 e. The van der Waals surface area contributed by atoms with E-state index in [1.165, 1.54) is 19.3 Å². The van der Waals surface area contributed by atoms with E-state index in [1.807, 2.05) is 13.8 Å². The molecule has 1 rings (SSSR count). The van der Waals surface area contributed by atoms with E-state index in [4.69, 9.17) is 4.74 Å². The van der Waals surface area contributed by atoms with Crippen molar-refractivity contribution in [3.05, 3.63) is 0 Å². The van der Waals surface area contributed by atoms with Gasteiger partial charge < -0.3 is 9.84 Å². The number of aliphatic hydroxyl groups is 1. The topological polar surface area (TPSA) is 29.5 Å². The monoisotopic (exact) mass is 242 g/mol. The van der Waals surface area contributed by atoms with Gasteiger partial charge in [0.25, 0.3) is 0 Å². The van der Waals surface area contributed by atoms with Gasteiger partial charge >= 0.3 is 0 Å². The molecule has 0 aliphatic heterocycles. The third-order valence-electron chi connectivity index (χ3n) is 4.01. The highest BCUT2D eigenvalue weighted by atomic mass is 16.5. The van der Waals surface area contributed by atoms with E-state index in [0.717, 1.165) is 12.3 Å². The van der Waals surface area contributed by atoms with Crippen LogP contribution in [0.1, 0.15) is 60.3 Å². The van der Waals surface area contributed by atoms with Crippen LogP contribution in [0.15, 0.2) is 0 Å². The summed E-state index contributed by atoms with van der Waals surface area (Å²) < 4.78 is 6.04. The largest absolute Gasteiger partial charge is 0.390 e. The summed E-state index contributed by atoms with van der Waals surface area (Å²) in [6.07, 6.45) is 4.96. The molecule has 1 N–H and O–H groups in total. The molecule has 0 heterocycles. The van der Waals surface area contributed by atoms with Gasteiger partial charge in [0.05, 0.1) is 11.7 Å². The summed E-state index contributed by atoms with van der Waals surface area (Å²) in [5.41, 5.74) is -0.604. The lowest BCUT2D eigenvalue weighted by Crippen LogP contribution is -2.35. The predicted octanol–water partition coefficient (Wildman–Crippen LogP) is 3.62. The van der Waals surface area contributed by atoms with Gasteiger partial charge in [-0.3, -0.25) is 0 Å². The zero-order valence-electron chi connectivity index (χ0n) is 12.2. The molecule has 2 nitrogen and oxygen atoms in total. The van der Waals surface area contributed by atoms with Crippen molar-refractivity contribution in [3.63, 3.8) is 0 Å². The van der Waals surface area contributed by atoms with E-state index >= 15 is 0 Å². The summed E-state index contributed by atoms with van der Waals surface area (Å²) in [6, 6.07) is 0. The van der Waals surface area contributed by atoms with Crippen molar-refractivity contribution in [2.75, 3.05) is 6.61 Å². The van der Waals surface area contributed by atoms with Gasteiger partial charge in [0.2, 0.25) is 0 Å². The van der Waals surface area contributed by atoms with E-state index in [1.54, 1.807) is 0 Å². The maximum atomic E-state index is 9.69. The minimum absolute atomic E-state index is 0.404. The fourth-order valence-electron chi connectivity index (χ4n) is 2.77. The van der Waals surface area contributed by atoms with Crippen LogP contribution in [-0.2, 0) is 4.74 Å². The molecule has 1 aliphatic carbocycles. The first-order valence-corrected chi connectivity index (χ1v) is 7.13. The molecule has 102 valence electrons. The summed E-state index contributed by atoms with van der Waals surface area (Å²) in [4.78, 5) is 0. The Balaban J connectivity index is 2.41. The zero-order valence-corrected chi connectivity index (χ0v) is 12.2. The number of rotatable bonds is 5. The van der Waals surface area contributed by atoms with Crippen LogP contribution in [0.3, 0.4) is 0 Å². The van der Waals surface area contributed by atoms with E-state index in [-0.39, 0.29) is 0 Å². The molecule has 2 heteroatoms. The van der Waals surface area contributed by atoms with Crippen LogP contribution in [0, 0.1) is 17.8 Å². The quantitative estimate of drug-likeness (QED) is 0.798. The number of hydrogen-bond donors (Lipinski definition) is 1. The van der Waals surface area contributed by atoms with Gasteiger partial charge in [0.1, 0.15) is 0 Å². The first-order chi connectivity index (χ1) is 7.79. The minimum Gasteiger partial charge on any atom is -0.390 e. The fraction of sp³-hybridized carbons (Fsp3) is 1.00. The number of hydrogen-bond acceptors (Lipinski definition) is 2. The highest BCUT2D eigenvalue weighted by molar-refractivity contribution is 4.81. The Labute approximate surface area is 107 Å². The van der Waals surface area contributed by atoms with Crippen LogP contribution >= 0.6 is 0 Å². The second-order valence-electron chi connectivity index (χ2n) is 6.80. The maximum Gasteiger partial charge on any atom is 0.0613 e. The normalized spacial score (nSPS) is 30.9. The standard InChI is InChI=1S/C15H30O2/c1-11(2)13-7-6-12(3)10-14(13)17-9-8-15(4,5)16/h11-14,16H,6-10H2,1-5H3. The Morgan fingerprint density at radius 1 is 1.29 bits per heavy atom. The van der Waals surface area contributed by atoms with Gasteiger partial charge in [-0.2, -0.15) is 0 Å². The molecule has 0 amide bonds. The Bertz CT molecular complexity index is 217. The van der Waals surface area contributed by atoms with Crippen molar-refractivity contribution < 1.29 is 9.84 Å². The highest BCUT2D eigenvalue weighted by Gasteiger charge is 2.31. The van der Waals surface area contributed by atoms with Gasteiger partial charge in [0.15, 0.2) is 0 Å². The van der Waals surface area contributed by atoms with Crippen molar-refractivity contribution in [2.24, 2.45) is 17.8 Å². The van der Waals surface area contributed by atoms with Crippen molar-refractivity contribution >= 4 is 0 Å². The van der Waals surface area contributed by atoms with E-state index in [9.17, 15) is 5.11 Å². The summed E-state index contributed by atoms with van der Waals surface area (Å²) in [5.74, 6) is 2.19. The lowest BCUT2D eigenvalue weighted by molar-refractivity contribution is -0.0576. The second-order valence-corrected chi connectivity index (χ2v) is 6.80. The Morgan fingerprint density at radius 3 is 2.47 bits per heavy atom. The SMILES string of the molecule is CC1CCC(C(C)C)C(OCCC(C)(C)O)C1. The molecule has 0 saturated heterocycles. The van der Waals surface area contributed by atoms with Crippen LogP contribution in [0.2, 0.25) is 0 Å². The van der Waals surface area contributed by atoms with E-state index in [2.05, 4.69) is 20.8 Å². The van der Waals surface area contributed by atoms with Crippen molar-refractivity contribution in [1.29, 1.82) is 0 Å². The summed E-state index contributed by atoms with van der Waals surface area (Å²) >= 11 is 0. The highest BCUT2D eigenvalue weighted by Crippen LogP contribution is 2.35. The molecular formula is C15H30O2. The summed E-state index contributed by atoms with van der Waals surface area (Å²) in [6.45, 7) is 11.3. The molecule has 0 aromatic rings. The maximum absolute atomic E-state index is 9.69. The first kappa shape index (κ1) is 15.0. The average molecular weight is 242 g/mol. The van der Waals surface area contributed by atoms with E-state index < -0.39 is 5.60 Å². The Hall–Kier alpha value is -0.0800. The van der Waals surface area contributed by atoms with Gasteiger partial charge in [-0.25, -0.2) is 0 Å². The molecule has 1 fully saturated rings. The fourth-order valence-corrected chi connectivity index (χ4v) is 2.77. The summed E-state index contributed by atoms with van der Waals surface area (Å²) in [7, 11) is 0. The predicted molar refractivity (Wildman–Crippen MR) is 72.0 cm³/mol. The third-order valence-corrected chi connectivity index (χ3v) is 4.01. The van der Waals surface area contributed by atoms with Crippen molar-refractivity contribution in [2.45, 2.75) is 72.0 Å². The average Bonchev–Trinajstić information content (AvgIpc) is 2.15. The lowest BCUT2D eigenvalue weighted by Gasteiger charge is -2.37. The molecule has 17 heavy (non-hydrogen) atoms.